The van der Waals surface area contributed by atoms with Crippen molar-refractivity contribution in [3.05, 3.63) is 41.0 Å². The number of benzene rings is 1. The van der Waals surface area contributed by atoms with E-state index in [2.05, 4.69) is 44.4 Å². The molecule has 0 aliphatic carbocycles. The van der Waals surface area contributed by atoms with Gasteiger partial charge in [0, 0.05) is 18.8 Å². The first-order valence-electron chi connectivity index (χ1n) is 6.50. The van der Waals surface area contributed by atoms with Gasteiger partial charge in [-0.1, -0.05) is 29.8 Å². The highest BCUT2D eigenvalue weighted by Gasteiger charge is 2.14. The molecule has 1 rings (SSSR count). The van der Waals surface area contributed by atoms with Crippen LogP contribution in [0.1, 0.15) is 30.0 Å². The maximum absolute atomic E-state index is 10.8. The molecular weight excluding hydrogens is 238 g/mol. The normalized spacial score (nSPS) is 10.3. The van der Waals surface area contributed by atoms with Crippen LogP contribution in [0.15, 0.2) is 24.3 Å². The van der Waals surface area contributed by atoms with E-state index in [-0.39, 0.29) is 6.42 Å². The van der Waals surface area contributed by atoms with Crippen molar-refractivity contribution in [3.8, 4) is 0 Å². The van der Waals surface area contributed by atoms with Gasteiger partial charge in [-0.2, -0.15) is 0 Å². The minimum atomic E-state index is -0.769. The summed E-state index contributed by atoms with van der Waals surface area (Å²) in [5, 5.41) is 8.88. The van der Waals surface area contributed by atoms with Crippen molar-refractivity contribution in [2.45, 2.75) is 34.1 Å². The molecule has 0 fully saturated rings. The summed E-state index contributed by atoms with van der Waals surface area (Å²) in [6.07, 6.45) is 0.139. The van der Waals surface area contributed by atoms with Gasteiger partial charge in [0.25, 0.3) is 0 Å². The molecule has 3 nitrogen and oxygen atoms in total. The molecule has 104 valence electrons. The SMILES string of the molecule is C=C(C)CN(CCC(=O)O)c1c(C)cc(C)cc1C. The van der Waals surface area contributed by atoms with Gasteiger partial charge in [-0.15, -0.1) is 0 Å². The van der Waals surface area contributed by atoms with Crippen LogP contribution in [0.4, 0.5) is 5.69 Å². The van der Waals surface area contributed by atoms with Gasteiger partial charge in [0.05, 0.1) is 6.42 Å². The zero-order valence-corrected chi connectivity index (χ0v) is 12.3. The van der Waals surface area contributed by atoms with Crippen LogP contribution in [0.3, 0.4) is 0 Å². The fourth-order valence-electron chi connectivity index (χ4n) is 2.50. The summed E-state index contributed by atoms with van der Waals surface area (Å²) in [4.78, 5) is 12.9. The molecule has 0 amide bonds. The Labute approximate surface area is 115 Å². The Bertz CT molecular complexity index is 469. The second-order valence-corrected chi connectivity index (χ2v) is 5.27. The third-order valence-corrected chi connectivity index (χ3v) is 3.01. The summed E-state index contributed by atoms with van der Waals surface area (Å²) in [5.74, 6) is -0.769. The number of aryl methyl sites for hydroxylation is 3. The van der Waals surface area contributed by atoms with Crippen LogP contribution in [-0.2, 0) is 4.79 Å². The van der Waals surface area contributed by atoms with Crippen molar-refractivity contribution in [3.63, 3.8) is 0 Å². The molecule has 0 saturated carbocycles. The molecule has 0 aliphatic heterocycles. The van der Waals surface area contributed by atoms with Gasteiger partial charge in [0.1, 0.15) is 0 Å². The fraction of sp³-hybridized carbons (Fsp3) is 0.438. The van der Waals surface area contributed by atoms with Crippen LogP contribution in [0, 0.1) is 20.8 Å². The Morgan fingerprint density at radius 1 is 1.26 bits per heavy atom. The molecule has 0 saturated heterocycles. The minimum Gasteiger partial charge on any atom is -0.481 e. The first-order chi connectivity index (χ1) is 8.81. The Kier molecular flexibility index (Phi) is 5.16. The molecule has 0 aliphatic rings. The molecule has 1 aromatic rings. The molecule has 0 bridgehead atoms. The third kappa shape index (κ3) is 4.43. The molecule has 19 heavy (non-hydrogen) atoms. The zero-order valence-electron chi connectivity index (χ0n) is 12.3. The Balaban J connectivity index is 3.09. The first kappa shape index (κ1) is 15.3. The predicted molar refractivity (Wildman–Crippen MR) is 79.9 cm³/mol. The van der Waals surface area contributed by atoms with E-state index in [0.29, 0.717) is 13.1 Å². The van der Waals surface area contributed by atoms with E-state index in [4.69, 9.17) is 5.11 Å². The third-order valence-electron chi connectivity index (χ3n) is 3.01. The van der Waals surface area contributed by atoms with Crippen LogP contribution in [0.5, 0.6) is 0 Å². The standard InChI is InChI=1S/C16H23NO2/c1-11(2)10-17(7-6-15(18)19)16-13(4)8-12(3)9-14(16)5/h8-9H,1,6-7,10H2,2-5H3,(H,18,19). The van der Waals surface area contributed by atoms with E-state index < -0.39 is 5.97 Å². The van der Waals surface area contributed by atoms with Gasteiger partial charge in [0.2, 0.25) is 0 Å². The lowest BCUT2D eigenvalue weighted by Crippen LogP contribution is -2.29. The van der Waals surface area contributed by atoms with Crippen molar-refractivity contribution < 1.29 is 9.90 Å². The lowest BCUT2D eigenvalue weighted by molar-refractivity contribution is -0.136. The van der Waals surface area contributed by atoms with Gasteiger partial charge in [0.15, 0.2) is 0 Å². The zero-order chi connectivity index (χ0) is 14.6. The summed E-state index contributed by atoms with van der Waals surface area (Å²) >= 11 is 0. The van der Waals surface area contributed by atoms with Gasteiger partial charge in [-0.25, -0.2) is 0 Å². The molecule has 1 aromatic carbocycles. The summed E-state index contributed by atoms with van der Waals surface area (Å²) < 4.78 is 0. The molecular formula is C16H23NO2. The maximum atomic E-state index is 10.8. The number of carboxylic acids is 1. The maximum Gasteiger partial charge on any atom is 0.305 e. The number of rotatable bonds is 6. The topological polar surface area (TPSA) is 40.5 Å². The fourth-order valence-corrected chi connectivity index (χ4v) is 2.50. The molecule has 0 aromatic heterocycles. The van der Waals surface area contributed by atoms with E-state index in [0.717, 1.165) is 11.3 Å². The van der Waals surface area contributed by atoms with Crippen molar-refractivity contribution in [1.29, 1.82) is 0 Å². The number of carboxylic acid groups (broad SMARTS) is 1. The molecule has 0 radical (unpaired) electrons. The van der Waals surface area contributed by atoms with Crippen molar-refractivity contribution >= 4 is 11.7 Å². The van der Waals surface area contributed by atoms with Crippen LogP contribution >= 0.6 is 0 Å². The van der Waals surface area contributed by atoms with E-state index in [9.17, 15) is 4.79 Å². The molecule has 0 atom stereocenters. The average molecular weight is 261 g/mol. The van der Waals surface area contributed by atoms with Gasteiger partial charge in [-0.05, 0) is 38.8 Å². The lowest BCUT2D eigenvalue weighted by atomic mass is 10.0. The number of nitrogens with zero attached hydrogens (tertiary/aromatic N) is 1. The summed E-state index contributed by atoms with van der Waals surface area (Å²) in [6.45, 7) is 13.3. The average Bonchev–Trinajstić information content (AvgIpc) is 2.23. The Hall–Kier alpha value is -1.77. The number of aliphatic carboxylic acids is 1. The summed E-state index contributed by atoms with van der Waals surface area (Å²) in [6, 6.07) is 4.27. The highest BCUT2D eigenvalue weighted by Crippen LogP contribution is 2.27. The van der Waals surface area contributed by atoms with Crippen molar-refractivity contribution in [1.82, 2.24) is 0 Å². The molecule has 0 heterocycles. The smallest absolute Gasteiger partial charge is 0.305 e. The van der Waals surface area contributed by atoms with Crippen LogP contribution in [0.2, 0.25) is 0 Å². The second-order valence-electron chi connectivity index (χ2n) is 5.27. The van der Waals surface area contributed by atoms with E-state index in [1.807, 2.05) is 6.92 Å². The quantitative estimate of drug-likeness (QED) is 0.797. The molecule has 0 spiro atoms. The first-order valence-corrected chi connectivity index (χ1v) is 6.50. The predicted octanol–water partition coefficient (Wildman–Crippen LogP) is 3.47. The molecule has 0 unspecified atom stereocenters. The van der Waals surface area contributed by atoms with Crippen LogP contribution < -0.4 is 4.90 Å². The van der Waals surface area contributed by atoms with E-state index >= 15 is 0 Å². The van der Waals surface area contributed by atoms with E-state index in [1.54, 1.807) is 0 Å². The number of anilines is 1. The number of hydrogen-bond acceptors (Lipinski definition) is 2. The van der Waals surface area contributed by atoms with Crippen molar-refractivity contribution in [2.75, 3.05) is 18.0 Å². The van der Waals surface area contributed by atoms with Crippen LogP contribution in [0.25, 0.3) is 0 Å². The Morgan fingerprint density at radius 3 is 2.21 bits per heavy atom. The van der Waals surface area contributed by atoms with E-state index in [1.165, 1.54) is 16.7 Å². The largest absolute Gasteiger partial charge is 0.481 e. The number of carbonyl (C=O) groups is 1. The highest BCUT2D eigenvalue weighted by atomic mass is 16.4. The Morgan fingerprint density at radius 2 is 1.79 bits per heavy atom. The highest BCUT2D eigenvalue weighted by molar-refractivity contribution is 5.68. The molecule has 3 heteroatoms. The summed E-state index contributed by atoms with van der Waals surface area (Å²) in [5.41, 5.74) is 5.76. The van der Waals surface area contributed by atoms with Gasteiger partial charge in [-0.3, -0.25) is 4.79 Å². The van der Waals surface area contributed by atoms with Crippen LogP contribution in [-0.4, -0.2) is 24.2 Å². The summed E-state index contributed by atoms with van der Waals surface area (Å²) in [7, 11) is 0. The monoisotopic (exact) mass is 261 g/mol. The molecule has 1 N–H and O–H groups in total. The second kappa shape index (κ2) is 6.41. The minimum absolute atomic E-state index is 0.139. The number of hydrogen-bond donors (Lipinski definition) is 1. The lowest BCUT2D eigenvalue weighted by Gasteiger charge is -2.28. The van der Waals surface area contributed by atoms with Crippen molar-refractivity contribution in [2.24, 2.45) is 0 Å². The van der Waals surface area contributed by atoms with Gasteiger partial charge < -0.3 is 10.0 Å². The van der Waals surface area contributed by atoms with Gasteiger partial charge >= 0.3 is 5.97 Å².